The van der Waals surface area contributed by atoms with Crippen molar-refractivity contribution in [3.8, 4) is 5.75 Å². The van der Waals surface area contributed by atoms with Gasteiger partial charge in [-0.3, -0.25) is 4.79 Å². The highest BCUT2D eigenvalue weighted by Gasteiger charge is 2.17. The van der Waals surface area contributed by atoms with Crippen molar-refractivity contribution in [1.29, 1.82) is 0 Å². The summed E-state index contributed by atoms with van der Waals surface area (Å²) in [6, 6.07) is 16.3. The van der Waals surface area contributed by atoms with Gasteiger partial charge in [0.15, 0.2) is 6.10 Å². The van der Waals surface area contributed by atoms with Gasteiger partial charge in [0, 0.05) is 6.54 Å². The summed E-state index contributed by atoms with van der Waals surface area (Å²) in [6.07, 6.45) is 2.11. The van der Waals surface area contributed by atoms with Crippen LogP contribution in [-0.4, -0.2) is 18.6 Å². The molecule has 0 radical (unpaired) electrons. The van der Waals surface area contributed by atoms with Gasteiger partial charge >= 0.3 is 0 Å². The normalized spacial score (nSPS) is 11.8. The number of rotatable bonds is 8. The van der Waals surface area contributed by atoms with Crippen LogP contribution in [0.4, 0.5) is 0 Å². The minimum Gasteiger partial charge on any atom is -0.481 e. The molecular weight excluding hydrogens is 298 g/mol. The molecule has 0 aromatic heterocycles. The maximum absolute atomic E-state index is 12.3. The molecule has 1 atom stereocenters. The number of nitrogens with one attached hydrogen (secondary N) is 1. The highest BCUT2D eigenvalue weighted by atomic mass is 16.5. The van der Waals surface area contributed by atoms with Crippen molar-refractivity contribution in [1.82, 2.24) is 5.32 Å². The van der Waals surface area contributed by atoms with Crippen LogP contribution in [0.3, 0.4) is 0 Å². The second kappa shape index (κ2) is 9.11. The first-order valence-corrected chi connectivity index (χ1v) is 8.65. The van der Waals surface area contributed by atoms with Crippen LogP contribution in [0.1, 0.15) is 36.5 Å². The molecule has 0 unspecified atom stereocenters. The van der Waals surface area contributed by atoms with E-state index in [2.05, 4.69) is 36.5 Å². The Morgan fingerprint density at radius 3 is 2.50 bits per heavy atom. The molecule has 2 aromatic carbocycles. The highest BCUT2D eigenvalue weighted by Crippen LogP contribution is 2.15. The van der Waals surface area contributed by atoms with Crippen LogP contribution in [0.5, 0.6) is 5.75 Å². The van der Waals surface area contributed by atoms with Crippen molar-refractivity contribution in [3.63, 3.8) is 0 Å². The van der Waals surface area contributed by atoms with E-state index in [1.807, 2.05) is 38.1 Å². The van der Waals surface area contributed by atoms with E-state index >= 15 is 0 Å². The zero-order chi connectivity index (χ0) is 17.4. The Morgan fingerprint density at radius 1 is 1.08 bits per heavy atom. The second-order valence-electron chi connectivity index (χ2n) is 6.21. The quantitative estimate of drug-likeness (QED) is 0.738. The average molecular weight is 325 g/mol. The molecule has 0 aliphatic carbocycles. The first-order chi connectivity index (χ1) is 11.6. The smallest absolute Gasteiger partial charge is 0.261 e. The van der Waals surface area contributed by atoms with Crippen molar-refractivity contribution in [3.05, 3.63) is 65.2 Å². The number of amides is 1. The Bertz CT molecular complexity index is 649. The molecule has 2 aromatic rings. The number of carbonyl (C=O) groups excluding carboxylic acids is 1. The van der Waals surface area contributed by atoms with Gasteiger partial charge in [-0.05, 0) is 56.4 Å². The van der Waals surface area contributed by atoms with Gasteiger partial charge in [-0.15, -0.1) is 0 Å². The van der Waals surface area contributed by atoms with Crippen molar-refractivity contribution >= 4 is 5.91 Å². The maximum atomic E-state index is 12.3. The van der Waals surface area contributed by atoms with Crippen LogP contribution in [0.2, 0.25) is 0 Å². The summed E-state index contributed by atoms with van der Waals surface area (Å²) in [5.74, 6) is 0.708. The SMILES string of the molecule is CC[C@H](Oc1cccc(C)c1)C(=O)NCCCc1ccc(C)cc1. The van der Waals surface area contributed by atoms with Gasteiger partial charge in [0.25, 0.3) is 5.91 Å². The van der Waals surface area contributed by atoms with Gasteiger partial charge in [-0.25, -0.2) is 0 Å². The Hall–Kier alpha value is -2.29. The molecule has 24 heavy (non-hydrogen) atoms. The summed E-state index contributed by atoms with van der Waals surface area (Å²) >= 11 is 0. The van der Waals surface area contributed by atoms with E-state index in [9.17, 15) is 4.79 Å². The van der Waals surface area contributed by atoms with E-state index in [-0.39, 0.29) is 5.91 Å². The molecule has 0 aliphatic heterocycles. The van der Waals surface area contributed by atoms with Crippen molar-refractivity contribution in [2.45, 2.75) is 46.1 Å². The van der Waals surface area contributed by atoms with Crippen molar-refractivity contribution in [2.24, 2.45) is 0 Å². The molecule has 2 rings (SSSR count). The molecule has 1 amide bonds. The van der Waals surface area contributed by atoms with Gasteiger partial charge in [-0.2, -0.15) is 0 Å². The number of aryl methyl sites for hydroxylation is 3. The number of carbonyl (C=O) groups is 1. The predicted molar refractivity (Wildman–Crippen MR) is 98.4 cm³/mol. The Kier molecular flexibility index (Phi) is 6.86. The van der Waals surface area contributed by atoms with Gasteiger partial charge in [0.05, 0.1) is 0 Å². The number of ether oxygens (including phenoxy) is 1. The van der Waals surface area contributed by atoms with Gasteiger partial charge < -0.3 is 10.1 Å². The second-order valence-corrected chi connectivity index (χ2v) is 6.21. The van der Waals surface area contributed by atoms with E-state index < -0.39 is 6.10 Å². The molecule has 128 valence electrons. The van der Waals surface area contributed by atoms with Crippen LogP contribution < -0.4 is 10.1 Å². The summed E-state index contributed by atoms with van der Waals surface area (Å²) in [5.41, 5.74) is 3.70. The van der Waals surface area contributed by atoms with E-state index in [1.54, 1.807) is 0 Å². The Morgan fingerprint density at radius 2 is 1.83 bits per heavy atom. The van der Waals surface area contributed by atoms with Crippen LogP contribution in [-0.2, 0) is 11.2 Å². The molecule has 0 bridgehead atoms. The fourth-order valence-corrected chi connectivity index (χ4v) is 2.55. The lowest BCUT2D eigenvalue weighted by molar-refractivity contribution is -0.128. The molecule has 0 saturated carbocycles. The molecule has 0 fully saturated rings. The minimum absolute atomic E-state index is 0.0390. The maximum Gasteiger partial charge on any atom is 0.261 e. The fraction of sp³-hybridized carbons (Fsp3) is 0.381. The monoisotopic (exact) mass is 325 g/mol. The van der Waals surface area contributed by atoms with Gasteiger partial charge in [0.1, 0.15) is 5.75 Å². The highest BCUT2D eigenvalue weighted by molar-refractivity contribution is 5.81. The summed E-state index contributed by atoms with van der Waals surface area (Å²) < 4.78 is 5.82. The Balaban J connectivity index is 1.76. The summed E-state index contributed by atoms with van der Waals surface area (Å²) in [4.78, 5) is 12.3. The Labute approximate surface area is 145 Å². The molecule has 0 spiro atoms. The standard InChI is InChI=1S/C21H27NO2/c1-4-20(24-19-9-5-7-17(3)15-19)21(23)22-14-6-8-18-12-10-16(2)11-13-18/h5,7,9-13,15,20H,4,6,8,14H2,1-3H3,(H,22,23)/t20-/m0/s1. The summed E-state index contributed by atoms with van der Waals surface area (Å²) in [6.45, 7) is 6.73. The molecular formula is C21H27NO2. The van der Waals surface area contributed by atoms with E-state index in [0.29, 0.717) is 13.0 Å². The fourth-order valence-electron chi connectivity index (χ4n) is 2.55. The zero-order valence-corrected chi connectivity index (χ0v) is 14.8. The van der Waals surface area contributed by atoms with E-state index in [1.165, 1.54) is 11.1 Å². The summed E-state index contributed by atoms with van der Waals surface area (Å²) in [7, 11) is 0. The summed E-state index contributed by atoms with van der Waals surface area (Å²) in [5, 5.41) is 2.99. The van der Waals surface area contributed by atoms with Crippen molar-refractivity contribution < 1.29 is 9.53 Å². The van der Waals surface area contributed by atoms with Crippen LogP contribution >= 0.6 is 0 Å². The first kappa shape index (κ1) is 18.1. The molecule has 3 nitrogen and oxygen atoms in total. The van der Waals surface area contributed by atoms with Crippen LogP contribution in [0.25, 0.3) is 0 Å². The third kappa shape index (κ3) is 5.73. The minimum atomic E-state index is -0.439. The number of benzene rings is 2. The molecule has 3 heteroatoms. The average Bonchev–Trinajstić information content (AvgIpc) is 2.58. The van der Waals surface area contributed by atoms with Crippen molar-refractivity contribution in [2.75, 3.05) is 6.54 Å². The number of hydrogen-bond donors (Lipinski definition) is 1. The molecule has 0 aliphatic rings. The van der Waals surface area contributed by atoms with Gasteiger partial charge in [0.2, 0.25) is 0 Å². The van der Waals surface area contributed by atoms with Crippen LogP contribution in [0.15, 0.2) is 48.5 Å². The third-order valence-electron chi connectivity index (χ3n) is 3.99. The lowest BCUT2D eigenvalue weighted by atomic mass is 10.1. The third-order valence-corrected chi connectivity index (χ3v) is 3.99. The van der Waals surface area contributed by atoms with Gasteiger partial charge in [-0.1, -0.05) is 48.9 Å². The largest absolute Gasteiger partial charge is 0.481 e. The molecule has 0 heterocycles. The lowest BCUT2D eigenvalue weighted by Gasteiger charge is -2.17. The van der Waals surface area contributed by atoms with Crippen LogP contribution in [0, 0.1) is 13.8 Å². The zero-order valence-electron chi connectivity index (χ0n) is 14.8. The first-order valence-electron chi connectivity index (χ1n) is 8.65. The molecule has 1 N–H and O–H groups in total. The number of hydrogen-bond acceptors (Lipinski definition) is 2. The predicted octanol–water partition coefficient (Wildman–Crippen LogP) is 4.21. The van der Waals surface area contributed by atoms with E-state index in [0.717, 1.165) is 24.2 Å². The van der Waals surface area contributed by atoms with E-state index in [4.69, 9.17) is 4.74 Å². The molecule has 0 saturated heterocycles. The lowest BCUT2D eigenvalue weighted by Crippen LogP contribution is -2.38. The topological polar surface area (TPSA) is 38.3 Å².